The SMILES string of the molecule is CC(C)N=Cc1cc(C(C)(C)C)cc(C(C)(C)C)c1O.CCC(C)N=Cc1cc(CC(C)C)cc(C(C)(C)C)c1O.[CH3-].[Zr]. The molecule has 0 aliphatic carbocycles. The van der Waals surface area contributed by atoms with Gasteiger partial charge >= 0.3 is 0 Å². The molecule has 1 unspecified atom stereocenters. The second-order valence-electron chi connectivity index (χ2n) is 15.3. The zero-order valence-corrected chi connectivity index (χ0v) is 32.9. The Morgan fingerprint density at radius 1 is 0.674 bits per heavy atom. The van der Waals surface area contributed by atoms with Crippen LogP contribution in [0.5, 0.6) is 11.5 Å². The number of hydrogen-bond donors (Lipinski definition) is 2. The van der Waals surface area contributed by atoms with Crippen molar-refractivity contribution in [3.8, 4) is 11.5 Å². The average molecular weight is 671 g/mol. The maximum Gasteiger partial charge on any atom is 0.128 e. The zero-order valence-electron chi connectivity index (χ0n) is 30.4. The average Bonchev–Trinajstić information content (AvgIpc) is 2.81. The normalized spacial score (nSPS) is 13.1. The summed E-state index contributed by atoms with van der Waals surface area (Å²) in [7, 11) is 0. The van der Waals surface area contributed by atoms with Gasteiger partial charge in [0.2, 0.25) is 0 Å². The molecule has 242 valence electrons. The summed E-state index contributed by atoms with van der Waals surface area (Å²) in [5, 5.41) is 21.1. The van der Waals surface area contributed by atoms with Crippen LogP contribution in [0.15, 0.2) is 34.3 Å². The minimum Gasteiger partial charge on any atom is -0.507 e. The van der Waals surface area contributed by atoms with E-state index in [1.54, 1.807) is 6.21 Å². The Labute approximate surface area is 285 Å². The van der Waals surface area contributed by atoms with Crippen LogP contribution in [0, 0.1) is 13.3 Å². The van der Waals surface area contributed by atoms with Crippen LogP contribution in [0.4, 0.5) is 0 Å². The fraction of sp³-hybridized carbons (Fsp3) is 0.605. The molecular weight excluding hydrogens is 608 g/mol. The van der Waals surface area contributed by atoms with Crippen molar-refractivity contribution < 1.29 is 36.4 Å². The molecule has 2 aromatic rings. The van der Waals surface area contributed by atoms with Crippen LogP contribution >= 0.6 is 0 Å². The van der Waals surface area contributed by atoms with Crippen molar-refractivity contribution in [2.75, 3.05) is 0 Å². The van der Waals surface area contributed by atoms with Crippen LogP contribution in [0.1, 0.15) is 144 Å². The molecule has 2 N–H and O–H groups in total. The summed E-state index contributed by atoms with van der Waals surface area (Å²) in [6.45, 7) is 32.1. The van der Waals surface area contributed by atoms with E-state index in [0.29, 0.717) is 17.4 Å². The maximum absolute atomic E-state index is 10.6. The summed E-state index contributed by atoms with van der Waals surface area (Å²) >= 11 is 0. The molecule has 43 heavy (non-hydrogen) atoms. The third kappa shape index (κ3) is 14.3. The number of hydrogen-bond acceptors (Lipinski definition) is 4. The molecule has 0 amide bonds. The molecule has 5 heteroatoms. The van der Waals surface area contributed by atoms with Crippen LogP contribution in [0.2, 0.25) is 0 Å². The van der Waals surface area contributed by atoms with Crippen LogP contribution in [-0.2, 0) is 48.9 Å². The number of aromatic hydroxyl groups is 2. The first-order valence-corrected chi connectivity index (χ1v) is 15.4. The van der Waals surface area contributed by atoms with Crippen molar-refractivity contribution in [1.29, 1.82) is 0 Å². The summed E-state index contributed by atoms with van der Waals surface area (Å²) < 4.78 is 0. The number of rotatable bonds is 7. The number of phenols is 2. The van der Waals surface area contributed by atoms with E-state index in [1.807, 2.05) is 20.1 Å². The van der Waals surface area contributed by atoms with Crippen LogP contribution in [-0.4, -0.2) is 34.7 Å². The van der Waals surface area contributed by atoms with E-state index in [9.17, 15) is 10.2 Å². The van der Waals surface area contributed by atoms with Gasteiger partial charge in [-0.05, 0) is 79.0 Å². The van der Waals surface area contributed by atoms with Crippen molar-refractivity contribution in [1.82, 2.24) is 0 Å². The smallest absolute Gasteiger partial charge is 0.128 e. The molecule has 0 aliphatic heterocycles. The quantitative estimate of drug-likeness (QED) is 0.227. The molecule has 0 heterocycles. The van der Waals surface area contributed by atoms with Gasteiger partial charge in [0, 0.05) is 73.0 Å². The van der Waals surface area contributed by atoms with Crippen molar-refractivity contribution in [3.63, 3.8) is 0 Å². The molecule has 0 saturated carbocycles. The van der Waals surface area contributed by atoms with Gasteiger partial charge in [0.25, 0.3) is 0 Å². The van der Waals surface area contributed by atoms with E-state index in [1.165, 1.54) is 11.1 Å². The van der Waals surface area contributed by atoms with E-state index in [0.717, 1.165) is 35.1 Å². The van der Waals surface area contributed by atoms with Gasteiger partial charge in [-0.1, -0.05) is 95.2 Å². The standard InChI is InChI=1S/C19H31NO.C18H29NO.CH3.Zr/c1-8-14(4)20-12-16-10-15(9-13(2)3)11-17(18(16)21)19(5,6)7;1-12(2)19-11-13-9-14(17(3,4)5)10-15(16(13)20)18(6,7)8;;/h10-14,21H,8-9H2,1-7H3;9-12,20H,1-8H3;1H3;/q;;-1;. The predicted molar refractivity (Wildman–Crippen MR) is 187 cm³/mol. The van der Waals surface area contributed by atoms with E-state index in [4.69, 9.17) is 0 Å². The number of nitrogens with zero attached hydrogens (tertiary/aromatic N) is 2. The summed E-state index contributed by atoms with van der Waals surface area (Å²) in [5.41, 5.74) is 6.04. The monoisotopic (exact) mass is 669 g/mol. The van der Waals surface area contributed by atoms with Crippen molar-refractivity contribution in [2.45, 2.75) is 145 Å². The van der Waals surface area contributed by atoms with Gasteiger partial charge in [0.1, 0.15) is 11.5 Å². The summed E-state index contributed by atoms with van der Waals surface area (Å²) in [6.07, 6.45) is 5.66. The van der Waals surface area contributed by atoms with Gasteiger partial charge in [0.05, 0.1) is 0 Å². The number of benzene rings is 2. The third-order valence-corrected chi connectivity index (χ3v) is 7.04. The number of aliphatic imine (C=N–C) groups is 2. The Kier molecular flexibility index (Phi) is 17.8. The van der Waals surface area contributed by atoms with E-state index >= 15 is 0 Å². The first-order valence-electron chi connectivity index (χ1n) is 15.4. The molecule has 0 spiro atoms. The molecule has 0 bridgehead atoms. The Morgan fingerprint density at radius 2 is 1.12 bits per heavy atom. The number of phenolic OH excluding ortho intramolecular Hbond substituents is 2. The molecular formula is C38H63N2O2Zr-. The largest absolute Gasteiger partial charge is 0.507 e. The molecule has 0 aromatic heterocycles. The van der Waals surface area contributed by atoms with E-state index in [2.05, 4.69) is 124 Å². The van der Waals surface area contributed by atoms with Gasteiger partial charge in [-0.3, -0.25) is 9.98 Å². The summed E-state index contributed by atoms with van der Waals surface area (Å²) in [4.78, 5) is 8.95. The molecule has 1 atom stereocenters. The third-order valence-electron chi connectivity index (χ3n) is 7.04. The first-order chi connectivity index (χ1) is 18.6. The van der Waals surface area contributed by atoms with Gasteiger partial charge in [-0.25, -0.2) is 0 Å². The molecule has 2 rings (SSSR count). The van der Waals surface area contributed by atoms with Crippen molar-refractivity contribution in [3.05, 3.63) is 65.1 Å². The Balaban J connectivity index is 0. The van der Waals surface area contributed by atoms with Crippen LogP contribution in [0.25, 0.3) is 0 Å². The van der Waals surface area contributed by atoms with E-state index < -0.39 is 0 Å². The summed E-state index contributed by atoms with van der Waals surface area (Å²) in [5.74, 6) is 1.33. The van der Waals surface area contributed by atoms with Gasteiger partial charge in [-0.2, -0.15) is 0 Å². The van der Waals surface area contributed by atoms with E-state index in [-0.39, 0.29) is 62.0 Å². The fourth-order valence-corrected chi connectivity index (χ4v) is 4.28. The predicted octanol–water partition coefficient (Wildman–Crippen LogP) is 10.4. The molecule has 0 aliphatic rings. The Bertz CT molecular complexity index is 1190. The topological polar surface area (TPSA) is 65.2 Å². The molecule has 0 radical (unpaired) electrons. The second kappa shape index (κ2) is 17.7. The first kappa shape index (κ1) is 43.4. The van der Waals surface area contributed by atoms with Crippen molar-refractivity contribution >= 4 is 12.4 Å². The van der Waals surface area contributed by atoms with Crippen LogP contribution in [0.3, 0.4) is 0 Å². The van der Waals surface area contributed by atoms with Gasteiger partial charge < -0.3 is 17.6 Å². The minimum absolute atomic E-state index is 0. The summed E-state index contributed by atoms with van der Waals surface area (Å²) in [6, 6.07) is 8.92. The Hall–Kier alpha value is -1.74. The zero-order chi connectivity index (χ0) is 31.9. The molecule has 4 nitrogen and oxygen atoms in total. The molecule has 0 fully saturated rings. The van der Waals surface area contributed by atoms with Gasteiger partial charge in [-0.15, -0.1) is 0 Å². The molecule has 2 aromatic carbocycles. The second-order valence-corrected chi connectivity index (χ2v) is 15.3. The fourth-order valence-electron chi connectivity index (χ4n) is 4.28. The van der Waals surface area contributed by atoms with Gasteiger partial charge in [0.15, 0.2) is 0 Å². The van der Waals surface area contributed by atoms with Crippen molar-refractivity contribution in [2.24, 2.45) is 15.9 Å². The van der Waals surface area contributed by atoms with Crippen LogP contribution < -0.4 is 0 Å². The Morgan fingerprint density at radius 3 is 1.51 bits per heavy atom. The minimum atomic E-state index is -0.0915. The maximum atomic E-state index is 10.6. The molecule has 0 saturated heterocycles.